The number of carboxylic acids is 1. The molecule has 0 spiro atoms. The van der Waals surface area contributed by atoms with Crippen molar-refractivity contribution in [1.29, 1.82) is 0 Å². The molecule has 1 atom stereocenters. The molecule has 1 aromatic heterocycles. The van der Waals surface area contributed by atoms with E-state index in [-0.39, 0.29) is 5.56 Å². The Morgan fingerprint density at radius 1 is 0.963 bits per heavy atom. The van der Waals surface area contributed by atoms with Crippen LogP contribution in [0.5, 0.6) is 0 Å². The molecule has 138 valence electrons. The fraction of sp³-hybridized carbons (Fsp3) is 0.182. The van der Waals surface area contributed by atoms with Gasteiger partial charge in [-0.15, -0.1) is 0 Å². The lowest BCUT2D eigenvalue weighted by molar-refractivity contribution is -0.141. The fourth-order valence-corrected chi connectivity index (χ4v) is 3.01. The first-order valence-corrected chi connectivity index (χ1v) is 9.07. The van der Waals surface area contributed by atoms with Gasteiger partial charge in [0.05, 0.1) is 12.5 Å². The number of halogens is 1. The number of rotatable bonds is 6. The molecule has 3 aromatic rings. The average Bonchev–Trinajstić information content (AvgIpc) is 2.66. The zero-order chi connectivity index (χ0) is 19.4. The van der Waals surface area contributed by atoms with Crippen LogP contribution in [-0.4, -0.2) is 15.6 Å². The molecule has 0 saturated carbocycles. The predicted octanol–water partition coefficient (Wildman–Crippen LogP) is 4.48. The van der Waals surface area contributed by atoms with Crippen LogP contribution >= 0.6 is 11.6 Å². The molecule has 0 radical (unpaired) electrons. The van der Waals surface area contributed by atoms with E-state index in [4.69, 9.17) is 16.7 Å². The van der Waals surface area contributed by atoms with Crippen molar-refractivity contribution in [3.8, 4) is 11.1 Å². The van der Waals surface area contributed by atoms with Gasteiger partial charge in [-0.2, -0.15) is 0 Å². The van der Waals surface area contributed by atoms with E-state index in [0.29, 0.717) is 18.0 Å². The van der Waals surface area contributed by atoms with Crippen LogP contribution in [0.2, 0.25) is 5.02 Å². The van der Waals surface area contributed by atoms with E-state index in [9.17, 15) is 9.59 Å². The summed E-state index contributed by atoms with van der Waals surface area (Å²) in [6.45, 7) is 2.17. The molecule has 1 heterocycles. The van der Waals surface area contributed by atoms with Gasteiger partial charge in [-0.05, 0) is 46.9 Å². The van der Waals surface area contributed by atoms with E-state index in [1.165, 1.54) is 0 Å². The molecular formula is C22H20ClNO3. The Morgan fingerprint density at radius 3 is 2.19 bits per heavy atom. The minimum atomic E-state index is -0.798. The summed E-state index contributed by atoms with van der Waals surface area (Å²) in [5.41, 5.74) is 3.81. The van der Waals surface area contributed by atoms with Crippen LogP contribution in [0.3, 0.4) is 0 Å². The van der Waals surface area contributed by atoms with Gasteiger partial charge < -0.3 is 9.67 Å². The van der Waals surface area contributed by atoms with Crippen molar-refractivity contribution in [1.82, 2.24) is 4.57 Å². The van der Waals surface area contributed by atoms with Crippen LogP contribution in [-0.2, 0) is 17.8 Å². The summed E-state index contributed by atoms with van der Waals surface area (Å²) in [6.07, 6.45) is 2.33. The number of hydrogen-bond acceptors (Lipinski definition) is 2. The first-order chi connectivity index (χ1) is 12.9. The minimum Gasteiger partial charge on any atom is -0.481 e. The zero-order valence-corrected chi connectivity index (χ0v) is 15.7. The van der Waals surface area contributed by atoms with Crippen molar-refractivity contribution < 1.29 is 9.90 Å². The molecule has 1 N–H and O–H groups in total. The Bertz CT molecular complexity index is 991. The van der Waals surface area contributed by atoms with Crippen LogP contribution < -0.4 is 5.56 Å². The second-order valence-corrected chi connectivity index (χ2v) is 7.09. The SMILES string of the molecule is CC(Cc1ccc(-c2ccc(=O)n(Cc3ccc(Cl)cc3)c2)cc1)C(=O)O. The molecule has 5 heteroatoms. The van der Waals surface area contributed by atoms with E-state index >= 15 is 0 Å². The largest absolute Gasteiger partial charge is 0.481 e. The number of aromatic nitrogens is 1. The number of pyridine rings is 1. The Labute approximate surface area is 162 Å². The maximum Gasteiger partial charge on any atom is 0.306 e. The van der Waals surface area contributed by atoms with Gasteiger partial charge in [-0.25, -0.2) is 0 Å². The highest BCUT2D eigenvalue weighted by atomic mass is 35.5. The van der Waals surface area contributed by atoms with Crippen molar-refractivity contribution in [3.63, 3.8) is 0 Å². The van der Waals surface area contributed by atoms with Crippen LogP contribution in [0.1, 0.15) is 18.1 Å². The maximum atomic E-state index is 12.2. The summed E-state index contributed by atoms with van der Waals surface area (Å²) in [5.74, 6) is -1.22. The van der Waals surface area contributed by atoms with Crippen molar-refractivity contribution in [2.75, 3.05) is 0 Å². The van der Waals surface area contributed by atoms with Gasteiger partial charge in [-0.3, -0.25) is 9.59 Å². The highest BCUT2D eigenvalue weighted by Crippen LogP contribution is 2.20. The number of carboxylic acid groups (broad SMARTS) is 1. The standard InChI is InChI=1S/C22H20ClNO3/c1-15(22(26)27)12-16-2-6-18(7-3-16)19-8-11-21(25)24(14-19)13-17-4-9-20(23)10-5-17/h2-11,14-15H,12-13H2,1H3,(H,26,27). The van der Waals surface area contributed by atoms with E-state index in [1.54, 1.807) is 23.6 Å². The fourth-order valence-electron chi connectivity index (χ4n) is 2.89. The monoisotopic (exact) mass is 381 g/mol. The third-order valence-corrected chi connectivity index (χ3v) is 4.75. The molecule has 0 fully saturated rings. The summed E-state index contributed by atoms with van der Waals surface area (Å²) in [4.78, 5) is 23.2. The van der Waals surface area contributed by atoms with Crippen LogP contribution in [0.25, 0.3) is 11.1 Å². The molecule has 0 aliphatic heterocycles. The van der Waals surface area contributed by atoms with E-state index in [0.717, 1.165) is 22.3 Å². The average molecular weight is 382 g/mol. The molecule has 3 rings (SSSR count). The van der Waals surface area contributed by atoms with Crippen molar-refractivity contribution in [2.24, 2.45) is 5.92 Å². The number of hydrogen-bond donors (Lipinski definition) is 1. The minimum absolute atomic E-state index is 0.0689. The molecule has 0 amide bonds. The molecule has 2 aromatic carbocycles. The van der Waals surface area contributed by atoms with Crippen molar-refractivity contribution >= 4 is 17.6 Å². The molecule has 4 nitrogen and oxygen atoms in total. The summed E-state index contributed by atoms with van der Waals surface area (Å²) >= 11 is 5.91. The van der Waals surface area contributed by atoms with Gasteiger partial charge in [0.25, 0.3) is 5.56 Å². The second-order valence-electron chi connectivity index (χ2n) is 6.65. The van der Waals surface area contributed by atoms with E-state index < -0.39 is 11.9 Å². The number of nitrogens with zero attached hydrogens (tertiary/aromatic N) is 1. The summed E-state index contributed by atoms with van der Waals surface area (Å²) < 4.78 is 1.67. The third-order valence-electron chi connectivity index (χ3n) is 4.50. The lowest BCUT2D eigenvalue weighted by Crippen LogP contribution is -2.19. The first kappa shape index (κ1) is 18.9. The maximum absolute atomic E-state index is 12.2. The van der Waals surface area contributed by atoms with Crippen molar-refractivity contribution in [2.45, 2.75) is 19.9 Å². The molecule has 0 bridgehead atoms. The molecule has 0 aliphatic carbocycles. The van der Waals surface area contributed by atoms with Gasteiger partial charge in [-0.1, -0.05) is 54.9 Å². The highest BCUT2D eigenvalue weighted by Gasteiger charge is 2.11. The van der Waals surface area contributed by atoms with Gasteiger partial charge in [0, 0.05) is 17.3 Å². The van der Waals surface area contributed by atoms with Gasteiger partial charge in [0.1, 0.15) is 0 Å². The Kier molecular flexibility index (Phi) is 5.77. The van der Waals surface area contributed by atoms with Crippen LogP contribution in [0, 0.1) is 5.92 Å². The first-order valence-electron chi connectivity index (χ1n) is 8.69. The normalized spacial score (nSPS) is 11.9. The number of benzene rings is 2. The number of aliphatic carboxylic acids is 1. The quantitative estimate of drug-likeness (QED) is 0.684. The molecule has 27 heavy (non-hydrogen) atoms. The lowest BCUT2D eigenvalue weighted by atomic mass is 9.99. The van der Waals surface area contributed by atoms with Gasteiger partial charge >= 0.3 is 5.97 Å². The van der Waals surface area contributed by atoms with Crippen molar-refractivity contribution in [3.05, 3.63) is 93.4 Å². The smallest absolute Gasteiger partial charge is 0.306 e. The van der Waals surface area contributed by atoms with Gasteiger partial charge in [0.15, 0.2) is 0 Å². The summed E-state index contributed by atoms with van der Waals surface area (Å²) in [7, 11) is 0. The zero-order valence-electron chi connectivity index (χ0n) is 14.9. The second kappa shape index (κ2) is 8.23. The summed E-state index contributed by atoms with van der Waals surface area (Å²) in [6, 6.07) is 18.6. The highest BCUT2D eigenvalue weighted by molar-refractivity contribution is 6.30. The molecule has 0 aliphatic rings. The number of carbonyl (C=O) groups is 1. The lowest BCUT2D eigenvalue weighted by Gasteiger charge is -2.10. The van der Waals surface area contributed by atoms with Gasteiger partial charge in [0.2, 0.25) is 0 Å². The third kappa shape index (κ3) is 4.86. The molecular weight excluding hydrogens is 362 g/mol. The predicted molar refractivity (Wildman–Crippen MR) is 107 cm³/mol. The Morgan fingerprint density at radius 2 is 1.56 bits per heavy atom. The molecule has 1 unspecified atom stereocenters. The van der Waals surface area contributed by atoms with E-state index in [2.05, 4.69) is 0 Å². The van der Waals surface area contributed by atoms with Crippen LogP contribution in [0.15, 0.2) is 71.7 Å². The summed E-state index contributed by atoms with van der Waals surface area (Å²) in [5, 5.41) is 9.69. The van der Waals surface area contributed by atoms with Crippen LogP contribution in [0.4, 0.5) is 0 Å². The molecule has 0 saturated heterocycles. The Balaban J connectivity index is 1.81. The Hall–Kier alpha value is -2.85. The topological polar surface area (TPSA) is 59.3 Å². The van der Waals surface area contributed by atoms with E-state index in [1.807, 2.05) is 54.7 Å².